The van der Waals surface area contributed by atoms with Crippen LogP contribution in [0.2, 0.25) is 0 Å². The summed E-state index contributed by atoms with van der Waals surface area (Å²) in [6.45, 7) is 1.69. The Morgan fingerprint density at radius 3 is 2.71 bits per heavy atom. The highest BCUT2D eigenvalue weighted by Gasteiger charge is 2.20. The molecule has 2 amide bonds. The van der Waals surface area contributed by atoms with Gasteiger partial charge in [0, 0.05) is 12.8 Å². The summed E-state index contributed by atoms with van der Waals surface area (Å²) >= 11 is 0. The number of carbonyl (C=O) groups excluding carboxylic acids is 2. The van der Waals surface area contributed by atoms with E-state index in [0.717, 1.165) is 5.52 Å². The van der Waals surface area contributed by atoms with E-state index in [-0.39, 0.29) is 25.0 Å². The van der Waals surface area contributed by atoms with Crippen LogP contribution in [0.25, 0.3) is 11.0 Å². The van der Waals surface area contributed by atoms with Gasteiger partial charge in [-0.25, -0.2) is 9.37 Å². The molecule has 0 bridgehead atoms. The summed E-state index contributed by atoms with van der Waals surface area (Å²) in [4.78, 5) is 29.0. The maximum absolute atomic E-state index is 13.3. The molecule has 3 aromatic rings. The molecule has 0 fully saturated rings. The first kappa shape index (κ1) is 19.5. The summed E-state index contributed by atoms with van der Waals surface area (Å²) < 4.78 is 19.9. The van der Waals surface area contributed by atoms with Gasteiger partial charge in [0.25, 0.3) is 0 Å². The SMILES string of the molecule is COCC(=O)NC(C)c1nc2ccccc2n1CC(=O)Nc1cccc(F)c1. The predicted octanol–water partition coefficient (Wildman–Crippen LogP) is 2.64. The monoisotopic (exact) mass is 384 g/mol. The fraction of sp³-hybridized carbons (Fsp3) is 0.250. The van der Waals surface area contributed by atoms with Crippen molar-refractivity contribution in [1.82, 2.24) is 14.9 Å². The van der Waals surface area contributed by atoms with Crippen LogP contribution in [0.5, 0.6) is 0 Å². The van der Waals surface area contributed by atoms with E-state index < -0.39 is 11.9 Å². The summed E-state index contributed by atoms with van der Waals surface area (Å²) in [6, 6.07) is 12.6. The van der Waals surface area contributed by atoms with Gasteiger partial charge in [0.15, 0.2) is 0 Å². The molecule has 0 saturated heterocycles. The molecule has 1 unspecified atom stereocenters. The number of nitrogens with zero attached hydrogens (tertiary/aromatic N) is 2. The van der Waals surface area contributed by atoms with Crippen LogP contribution < -0.4 is 10.6 Å². The lowest BCUT2D eigenvalue weighted by molar-refractivity contribution is -0.125. The number of rotatable bonds is 7. The normalized spacial score (nSPS) is 12.0. The zero-order valence-corrected chi connectivity index (χ0v) is 15.6. The number of fused-ring (bicyclic) bond motifs is 1. The number of anilines is 1. The lowest BCUT2D eigenvalue weighted by Gasteiger charge is -2.16. The van der Waals surface area contributed by atoms with Gasteiger partial charge in [0.2, 0.25) is 11.8 Å². The molecule has 8 heteroatoms. The van der Waals surface area contributed by atoms with E-state index in [0.29, 0.717) is 17.0 Å². The Kier molecular flexibility index (Phi) is 6.00. The molecule has 28 heavy (non-hydrogen) atoms. The van der Waals surface area contributed by atoms with E-state index >= 15 is 0 Å². The number of nitrogens with one attached hydrogen (secondary N) is 2. The molecule has 1 aromatic heterocycles. The maximum atomic E-state index is 13.3. The molecule has 0 saturated carbocycles. The van der Waals surface area contributed by atoms with Crippen LogP contribution in [-0.2, 0) is 20.9 Å². The van der Waals surface area contributed by atoms with Gasteiger partial charge in [-0.2, -0.15) is 0 Å². The van der Waals surface area contributed by atoms with Gasteiger partial charge in [0.05, 0.1) is 17.1 Å². The molecule has 0 radical (unpaired) electrons. The topological polar surface area (TPSA) is 85.2 Å². The minimum Gasteiger partial charge on any atom is -0.375 e. The molecule has 7 nitrogen and oxygen atoms in total. The number of methoxy groups -OCH3 is 1. The zero-order chi connectivity index (χ0) is 20.1. The van der Waals surface area contributed by atoms with Gasteiger partial charge >= 0.3 is 0 Å². The predicted molar refractivity (Wildman–Crippen MR) is 103 cm³/mol. The Bertz CT molecular complexity index is 1000. The van der Waals surface area contributed by atoms with Crippen molar-refractivity contribution in [3.8, 4) is 0 Å². The molecule has 0 aliphatic rings. The third-order valence-corrected chi connectivity index (χ3v) is 4.13. The number of amides is 2. The highest BCUT2D eigenvalue weighted by molar-refractivity contribution is 5.91. The van der Waals surface area contributed by atoms with Crippen molar-refractivity contribution in [1.29, 1.82) is 0 Å². The second-order valence-corrected chi connectivity index (χ2v) is 6.33. The number of hydrogen-bond donors (Lipinski definition) is 2. The minimum absolute atomic E-state index is 0.0309. The van der Waals surface area contributed by atoms with Crippen LogP contribution in [0, 0.1) is 5.82 Å². The van der Waals surface area contributed by atoms with Gasteiger partial charge in [-0.1, -0.05) is 18.2 Å². The number of aromatic nitrogens is 2. The molecule has 1 heterocycles. The minimum atomic E-state index is -0.433. The van der Waals surface area contributed by atoms with Crippen molar-refractivity contribution in [3.63, 3.8) is 0 Å². The van der Waals surface area contributed by atoms with E-state index in [1.165, 1.54) is 25.3 Å². The fourth-order valence-corrected chi connectivity index (χ4v) is 2.98. The molecular formula is C20H21FN4O3. The number of para-hydroxylation sites is 2. The molecule has 1 atom stereocenters. The summed E-state index contributed by atoms with van der Waals surface area (Å²) in [5, 5.41) is 5.48. The molecule has 2 aromatic carbocycles. The number of imidazole rings is 1. The molecular weight excluding hydrogens is 363 g/mol. The van der Waals surface area contributed by atoms with Crippen molar-refractivity contribution in [2.75, 3.05) is 19.0 Å². The van der Waals surface area contributed by atoms with Crippen LogP contribution in [-0.4, -0.2) is 35.1 Å². The van der Waals surface area contributed by atoms with Crippen LogP contribution in [0.3, 0.4) is 0 Å². The summed E-state index contributed by atoms with van der Waals surface area (Å²) in [7, 11) is 1.44. The summed E-state index contributed by atoms with van der Waals surface area (Å²) in [5.74, 6) is -0.496. The van der Waals surface area contributed by atoms with Gasteiger partial charge in [-0.15, -0.1) is 0 Å². The fourth-order valence-electron chi connectivity index (χ4n) is 2.98. The summed E-state index contributed by atoms with van der Waals surface area (Å²) in [5.41, 5.74) is 1.85. The van der Waals surface area contributed by atoms with E-state index in [1.54, 1.807) is 17.6 Å². The molecule has 3 rings (SSSR count). The number of benzene rings is 2. The number of hydrogen-bond acceptors (Lipinski definition) is 4. The van der Waals surface area contributed by atoms with Crippen LogP contribution >= 0.6 is 0 Å². The third-order valence-electron chi connectivity index (χ3n) is 4.13. The third kappa shape index (κ3) is 4.52. The van der Waals surface area contributed by atoms with Crippen LogP contribution in [0.1, 0.15) is 18.8 Å². The van der Waals surface area contributed by atoms with Gasteiger partial charge in [-0.3, -0.25) is 9.59 Å². The van der Waals surface area contributed by atoms with Crippen molar-refractivity contribution in [2.45, 2.75) is 19.5 Å². The Morgan fingerprint density at radius 1 is 1.18 bits per heavy atom. The molecule has 0 aliphatic carbocycles. The maximum Gasteiger partial charge on any atom is 0.246 e. The zero-order valence-electron chi connectivity index (χ0n) is 15.6. The van der Waals surface area contributed by atoms with Crippen molar-refractivity contribution in [3.05, 3.63) is 60.2 Å². The Hall–Kier alpha value is -3.26. The van der Waals surface area contributed by atoms with E-state index in [4.69, 9.17) is 4.74 Å². The average molecular weight is 384 g/mol. The van der Waals surface area contributed by atoms with Crippen molar-refractivity contribution in [2.24, 2.45) is 0 Å². The van der Waals surface area contributed by atoms with E-state index in [2.05, 4.69) is 15.6 Å². The standard InChI is InChI=1S/C20H21FN4O3/c1-13(22-19(27)12-28-2)20-24-16-8-3-4-9-17(16)25(20)11-18(26)23-15-7-5-6-14(21)10-15/h3-10,13H,11-12H2,1-2H3,(H,22,27)(H,23,26). The van der Waals surface area contributed by atoms with Crippen LogP contribution in [0.15, 0.2) is 48.5 Å². The number of halogens is 1. The lowest BCUT2D eigenvalue weighted by Crippen LogP contribution is -2.32. The number of carbonyl (C=O) groups is 2. The average Bonchev–Trinajstić information content (AvgIpc) is 3.00. The van der Waals surface area contributed by atoms with Crippen LogP contribution in [0.4, 0.5) is 10.1 Å². The quantitative estimate of drug-likeness (QED) is 0.656. The van der Waals surface area contributed by atoms with E-state index in [9.17, 15) is 14.0 Å². The molecule has 0 spiro atoms. The molecule has 146 valence electrons. The first-order chi connectivity index (χ1) is 13.5. The van der Waals surface area contributed by atoms with Crippen molar-refractivity contribution < 1.29 is 18.7 Å². The largest absolute Gasteiger partial charge is 0.375 e. The Morgan fingerprint density at radius 2 is 1.96 bits per heavy atom. The second-order valence-electron chi connectivity index (χ2n) is 6.33. The highest BCUT2D eigenvalue weighted by atomic mass is 19.1. The van der Waals surface area contributed by atoms with Crippen molar-refractivity contribution >= 4 is 28.5 Å². The van der Waals surface area contributed by atoms with E-state index in [1.807, 2.05) is 24.3 Å². The molecule has 2 N–H and O–H groups in total. The number of ether oxygens (including phenoxy) is 1. The van der Waals surface area contributed by atoms with Gasteiger partial charge in [-0.05, 0) is 37.3 Å². The lowest BCUT2D eigenvalue weighted by atomic mass is 10.3. The molecule has 0 aliphatic heterocycles. The van der Waals surface area contributed by atoms with Gasteiger partial charge in [0.1, 0.15) is 24.8 Å². The second kappa shape index (κ2) is 8.62. The summed E-state index contributed by atoms with van der Waals surface area (Å²) in [6.07, 6.45) is 0. The highest BCUT2D eigenvalue weighted by Crippen LogP contribution is 2.21. The Balaban J connectivity index is 1.86. The Labute approximate surface area is 161 Å². The first-order valence-corrected chi connectivity index (χ1v) is 8.77. The van der Waals surface area contributed by atoms with Gasteiger partial charge < -0.3 is 19.9 Å². The smallest absolute Gasteiger partial charge is 0.246 e. The first-order valence-electron chi connectivity index (χ1n) is 8.77.